The van der Waals surface area contributed by atoms with E-state index in [0.717, 1.165) is 0 Å². The first-order valence-corrected chi connectivity index (χ1v) is 11.4. The summed E-state index contributed by atoms with van der Waals surface area (Å²) in [5, 5.41) is 0. The number of ether oxygens (including phenoxy) is 8. The summed E-state index contributed by atoms with van der Waals surface area (Å²) < 4.78 is 45.8. The van der Waals surface area contributed by atoms with Crippen molar-refractivity contribution in [2.45, 2.75) is 82.8 Å². The Hall–Kier alpha value is -2.28. The predicted octanol–water partition coefficient (Wildman–Crippen LogP) is -0.503. The Kier molecular flexibility index (Phi) is 6.03. The van der Waals surface area contributed by atoms with Gasteiger partial charge in [-0.2, -0.15) is 0 Å². The van der Waals surface area contributed by atoms with Gasteiger partial charge in [-0.1, -0.05) is 0 Å². The lowest BCUT2D eigenvalue weighted by atomic mass is 9.68. The van der Waals surface area contributed by atoms with Crippen LogP contribution in [-0.4, -0.2) is 92.2 Å². The fourth-order valence-corrected chi connectivity index (χ4v) is 5.76. The molecule has 6 aliphatic rings. The highest BCUT2D eigenvalue weighted by molar-refractivity contribution is 5.68. The first-order chi connectivity index (χ1) is 16.2. The summed E-state index contributed by atoms with van der Waals surface area (Å²) in [5.74, 6) is -2.26. The Morgan fingerprint density at radius 2 is 1.35 bits per heavy atom. The molecule has 0 aromatic rings. The zero-order valence-corrected chi connectivity index (χ0v) is 19.2. The summed E-state index contributed by atoms with van der Waals surface area (Å²) in [4.78, 5) is 47.2. The first-order valence-electron chi connectivity index (χ1n) is 11.4. The molecule has 2 saturated carbocycles. The zero-order valence-electron chi connectivity index (χ0n) is 19.2. The van der Waals surface area contributed by atoms with Gasteiger partial charge in [-0.25, -0.2) is 0 Å². The van der Waals surface area contributed by atoms with Crippen molar-refractivity contribution in [3.8, 4) is 0 Å². The standard InChI is InChI=1S/C22H28O12/c1-7(23)27-6-12-17(29-8(2)24)20(30-9(3)25)21(31-10(4)26)22(32-12)34-16-11-5-28-18-14-13(16)15(11)33-19(14)18/h11-22H,5-6H2,1-4H3/t11?,12?,13?,14-,15?,16-,17-,18+,19?,20?,21+,22+/m1/s1. The first kappa shape index (κ1) is 23.5. The predicted molar refractivity (Wildman–Crippen MR) is 106 cm³/mol. The highest BCUT2D eigenvalue weighted by Crippen LogP contribution is 2.64. The van der Waals surface area contributed by atoms with Crippen LogP contribution in [0.25, 0.3) is 0 Å². The average molecular weight is 484 g/mol. The molecule has 0 spiro atoms. The number of hydrogen-bond donors (Lipinski definition) is 0. The van der Waals surface area contributed by atoms with E-state index in [4.69, 9.17) is 37.9 Å². The minimum absolute atomic E-state index is 0.0168. The van der Waals surface area contributed by atoms with Gasteiger partial charge in [-0.3, -0.25) is 19.2 Å². The number of hydrogen-bond acceptors (Lipinski definition) is 12. The molecule has 0 aromatic heterocycles. The molecule has 4 heterocycles. The molecule has 2 aliphatic carbocycles. The van der Waals surface area contributed by atoms with E-state index in [1.54, 1.807) is 0 Å². The Bertz CT molecular complexity index is 868. The Morgan fingerprint density at radius 3 is 2.00 bits per heavy atom. The largest absolute Gasteiger partial charge is 0.463 e. The van der Waals surface area contributed by atoms with E-state index in [1.165, 1.54) is 27.7 Å². The summed E-state index contributed by atoms with van der Waals surface area (Å²) in [7, 11) is 0. The number of rotatable bonds is 7. The number of esters is 4. The van der Waals surface area contributed by atoms with Crippen molar-refractivity contribution >= 4 is 23.9 Å². The molecule has 188 valence electrons. The smallest absolute Gasteiger partial charge is 0.303 e. The maximum atomic E-state index is 12.0. The quantitative estimate of drug-likeness (QED) is 0.339. The summed E-state index contributed by atoms with van der Waals surface area (Å²) in [6.45, 7) is 4.96. The molecular weight excluding hydrogens is 456 g/mol. The molecule has 0 amide bonds. The molecule has 6 rings (SSSR count). The molecule has 34 heavy (non-hydrogen) atoms. The van der Waals surface area contributed by atoms with Crippen LogP contribution in [0.15, 0.2) is 0 Å². The topological polar surface area (TPSA) is 142 Å². The molecule has 4 saturated heterocycles. The van der Waals surface area contributed by atoms with Crippen LogP contribution in [0.2, 0.25) is 0 Å². The van der Waals surface area contributed by atoms with Gasteiger partial charge in [0.05, 0.1) is 31.0 Å². The zero-order chi connectivity index (χ0) is 24.3. The second kappa shape index (κ2) is 8.74. The third kappa shape index (κ3) is 4.06. The molecule has 4 aliphatic heterocycles. The van der Waals surface area contributed by atoms with Gasteiger partial charge in [0, 0.05) is 45.4 Å². The van der Waals surface area contributed by atoms with Crippen LogP contribution < -0.4 is 0 Å². The lowest BCUT2D eigenvalue weighted by molar-refractivity contribution is -0.338. The third-order valence-electron chi connectivity index (χ3n) is 7.02. The van der Waals surface area contributed by atoms with E-state index in [9.17, 15) is 19.2 Å². The summed E-state index contributed by atoms with van der Waals surface area (Å²) >= 11 is 0. The molecular formula is C22H28O12. The SMILES string of the molecule is CC(=O)OCC1O[C@@H](O[C@@H]2C3CO[C@@H]4C5OC3C2[C@@H]54)[C@@H](OC(C)=O)C(OC(C)=O)[C@@H]1OC(C)=O. The average Bonchev–Trinajstić information content (AvgIpc) is 3.39. The van der Waals surface area contributed by atoms with E-state index in [0.29, 0.717) is 6.61 Å². The second-order valence-electron chi connectivity index (χ2n) is 9.35. The fourth-order valence-electron chi connectivity index (χ4n) is 5.76. The molecule has 6 unspecified atom stereocenters. The van der Waals surface area contributed by atoms with E-state index >= 15 is 0 Å². The Morgan fingerprint density at radius 1 is 0.706 bits per heavy atom. The highest BCUT2D eigenvalue weighted by atomic mass is 16.7. The van der Waals surface area contributed by atoms with Gasteiger partial charge in [0.15, 0.2) is 24.6 Å². The van der Waals surface area contributed by atoms with Gasteiger partial charge in [-0.05, 0) is 0 Å². The molecule has 0 N–H and O–H groups in total. The van der Waals surface area contributed by atoms with Gasteiger partial charge in [-0.15, -0.1) is 0 Å². The second-order valence-corrected chi connectivity index (χ2v) is 9.35. The van der Waals surface area contributed by atoms with E-state index in [-0.39, 0.29) is 48.8 Å². The minimum Gasteiger partial charge on any atom is -0.463 e. The third-order valence-corrected chi connectivity index (χ3v) is 7.02. The van der Waals surface area contributed by atoms with Crippen LogP contribution in [0.1, 0.15) is 27.7 Å². The summed E-state index contributed by atoms with van der Waals surface area (Å²) in [6.07, 6.45) is -5.97. The molecule has 6 fully saturated rings. The molecule has 12 atom stereocenters. The van der Waals surface area contributed by atoms with E-state index < -0.39 is 54.6 Å². The highest BCUT2D eigenvalue weighted by Gasteiger charge is 2.76. The van der Waals surface area contributed by atoms with Crippen molar-refractivity contribution in [3.63, 3.8) is 0 Å². The normalized spacial score (nSPS) is 45.3. The van der Waals surface area contributed by atoms with Crippen molar-refractivity contribution < 1.29 is 57.1 Å². The molecule has 12 nitrogen and oxygen atoms in total. The van der Waals surface area contributed by atoms with E-state index in [1.807, 2.05) is 0 Å². The molecule has 0 aromatic carbocycles. The van der Waals surface area contributed by atoms with Gasteiger partial charge in [0.25, 0.3) is 0 Å². The van der Waals surface area contributed by atoms with Crippen molar-refractivity contribution in [1.29, 1.82) is 0 Å². The Labute approximate surface area is 195 Å². The molecule has 0 radical (unpaired) electrons. The van der Waals surface area contributed by atoms with Gasteiger partial charge >= 0.3 is 23.9 Å². The van der Waals surface area contributed by atoms with Crippen LogP contribution in [0.3, 0.4) is 0 Å². The van der Waals surface area contributed by atoms with Crippen LogP contribution in [0.4, 0.5) is 0 Å². The van der Waals surface area contributed by atoms with Crippen molar-refractivity contribution in [3.05, 3.63) is 0 Å². The number of carbonyl (C=O) groups is 4. The van der Waals surface area contributed by atoms with Gasteiger partial charge in [0.2, 0.25) is 0 Å². The van der Waals surface area contributed by atoms with Crippen LogP contribution in [0, 0.1) is 17.8 Å². The fraction of sp³-hybridized carbons (Fsp3) is 0.818. The number of fused-ring (bicyclic) bond motifs is 1. The van der Waals surface area contributed by atoms with Crippen molar-refractivity contribution in [1.82, 2.24) is 0 Å². The monoisotopic (exact) mass is 484 g/mol. The summed E-state index contributed by atoms with van der Waals surface area (Å²) in [6, 6.07) is 0. The van der Waals surface area contributed by atoms with Gasteiger partial charge in [0.1, 0.15) is 12.7 Å². The van der Waals surface area contributed by atoms with Crippen LogP contribution >= 0.6 is 0 Å². The van der Waals surface area contributed by atoms with Gasteiger partial charge < -0.3 is 37.9 Å². The maximum Gasteiger partial charge on any atom is 0.303 e. The molecule has 12 heteroatoms. The number of carbonyl (C=O) groups excluding carboxylic acids is 4. The molecule has 5 bridgehead atoms. The van der Waals surface area contributed by atoms with Crippen LogP contribution in [-0.2, 0) is 57.1 Å². The lowest BCUT2D eigenvalue weighted by Crippen LogP contribution is -2.66. The summed E-state index contributed by atoms with van der Waals surface area (Å²) in [5.41, 5.74) is 0. The lowest BCUT2D eigenvalue weighted by Gasteiger charge is -2.50. The minimum atomic E-state index is -1.25. The maximum absolute atomic E-state index is 12.0. The van der Waals surface area contributed by atoms with Crippen molar-refractivity contribution in [2.75, 3.05) is 13.2 Å². The van der Waals surface area contributed by atoms with Crippen molar-refractivity contribution in [2.24, 2.45) is 17.8 Å². The Balaban J connectivity index is 1.42. The van der Waals surface area contributed by atoms with E-state index in [2.05, 4.69) is 0 Å². The van der Waals surface area contributed by atoms with Crippen LogP contribution in [0.5, 0.6) is 0 Å².